The summed E-state index contributed by atoms with van der Waals surface area (Å²) >= 11 is 4.43. The van der Waals surface area contributed by atoms with E-state index in [4.69, 9.17) is 9.84 Å². The zero-order valence-corrected chi connectivity index (χ0v) is 13.2. The van der Waals surface area contributed by atoms with Crippen molar-refractivity contribution in [2.45, 2.75) is 13.5 Å². The van der Waals surface area contributed by atoms with Crippen LogP contribution in [-0.2, 0) is 6.61 Å². The number of benzene rings is 1. The highest BCUT2D eigenvalue weighted by molar-refractivity contribution is 9.10. The van der Waals surface area contributed by atoms with Crippen LogP contribution >= 0.6 is 27.3 Å². The number of nitro groups is 1. The Morgan fingerprint density at radius 3 is 2.76 bits per heavy atom. The van der Waals surface area contributed by atoms with Crippen molar-refractivity contribution in [1.29, 1.82) is 0 Å². The number of nitrogens with zero attached hydrogens (tertiary/aromatic N) is 1. The number of hydrogen-bond donors (Lipinski definition) is 1. The monoisotopic (exact) mass is 371 g/mol. The molecule has 110 valence electrons. The van der Waals surface area contributed by atoms with Crippen molar-refractivity contribution in [2.24, 2.45) is 0 Å². The average molecular weight is 372 g/mol. The standard InChI is InChI=1S/C13H10BrNO5S/c1-7-8(4-12(21-7)13(16)17)6-20-11-5-9(15(18)19)2-3-10(11)14/h2-5H,6H2,1H3,(H,16,17). The van der Waals surface area contributed by atoms with Crippen LogP contribution in [-0.4, -0.2) is 16.0 Å². The van der Waals surface area contributed by atoms with Gasteiger partial charge in [-0.2, -0.15) is 0 Å². The predicted molar refractivity (Wildman–Crippen MR) is 81.1 cm³/mol. The van der Waals surface area contributed by atoms with Crippen LogP contribution < -0.4 is 4.74 Å². The van der Waals surface area contributed by atoms with Gasteiger partial charge in [-0.05, 0) is 35.0 Å². The molecule has 0 amide bonds. The molecule has 0 aliphatic rings. The highest BCUT2D eigenvalue weighted by Crippen LogP contribution is 2.31. The minimum Gasteiger partial charge on any atom is -0.487 e. The zero-order chi connectivity index (χ0) is 15.6. The Morgan fingerprint density at radius 1 is 1.48 bits per heavy atom. The Morgan fingerprint density at radius 2 is 2.19 bits per heavy atom. The first-order valence-corrected chi connectivity index (χ1v) is 7.38. The van der Waals surface area contributed by atoms with Crippen LogP contribution in [0.15, 0.2) is 28.7 Å². The fourth-order valence-electron chi connectivity index (χ4n) is 1.64. The minimum atomic E-state index is -0.981. The number of ether oxygens (including phenoxy) is 1. The molecular formula is C13H10BrNO5S. The number of aromatic carboxylic acids is 1. The number of halogens is 1. The Balaban J connectivity index is 2.18. The largest absolute Gasteiger partial charge is 0.487 e. The number of thiophene rings is 1. The van der Waals surface area contributed by atoms with E-state index >= 15 is 0 Å². The van der Waals surface area contributed by atoms with Crippen LogP contribution in [0.1, 0.15) is 20.1 Å². The summed E-state index contributed by atoms with van der Waals surface area (Å²) in [5.41, 5.74) is 0.678. The molecular weight excluding hydrogens is 362 g/mol. The first kappa shape index (κ1) is 15.5. The van der Waals surface area contributed by atoms with E-state index in [1.54, 1.807) is 13.0 Å². The van der Waals surface area contributed by atoms with E-state index in [9.17, 15) is 14.9 Å². The minimum absolute atomic E-state index is 0.0681. The number of hydrogen-bond acceptors (Lipinski definition) is 5. The summed E-state index contributed by atoms with van der Waals surface area (Å²) in [6, 6.07) is 5.78. The van der Waals surface area contributed by atoms with E-state index in [1.807, 2.05) is 0 Å². The second-order valence-corrected chi connectivity index (χ2v) is 6.27. The molecule has 0 saturated heterocycles. The Labute approximate surface area is 132 Å². The molecule has 0 bridgehead atoms. The van der Waals surface area contributed by atoms with Crippen molar-refractivity contribution in [3.63, 3.8) is 0 Å². The summed E-state index contributed by atoms with van der Waals surface area (Å²) in [4.78, 5) is 22.2. The average Bonchev–Trinajstić information content (AvgIpc) is 2.79. The first-order chi connectivity index (χ1) is 9.88. The lowest BCUT2D eigenvalue weighted by molar-refractivity contribution is -0.385. The van der Waals surface area contributed by atoms with Crippen molar-refractivity contribution in [3.05, 3.63) is 54.2 Å². The third-order valence-electron chi connectivity index (χ3n) is 2.74. The molecule has 1 heterocycles. The van der Waals surface area contributed by atoms with Crippen molar-refractivity contribution in [3.8, 4) is 5.75 Å². The first-order valence-electron chi connectivity index (χ1n) is 5.78. The molecule has 1 aromatic heterocycles. The second-order valence-electron chi connectivity index (χ2n) is 4.16. The maximum Gasteiger partial charge on any atom is 0.345 e. The Kier molecular flexibility index (Phi) is 4.59. The highest BCUT2D eigenvalue weighted by atomic mass is 79.9. The van der Waals surface area contributed by atoms with E-state index in [2.05, 4.69) is 15.9 Å². The van der Waals surface area contributed by atoms with Gasteiger partial charge in [-0.3, -0.25) is 10.1 Å². The Hall–Kier alpha value is -1.93. The third-order valence-corrected chi connectivity index (χ3v) is 4.48. The van der Waals surface area contributed by atoms with Gasteiger partial charge in [-0.25, -0.2) is 4.79 Å². The van der Waals surface area contributed by atoms with Crippen LogP contribution in [0.2, 0.25) is 0 Å². The van der Waals surface area contributed by atoms with Crippen molar-refractivity contribution >= 4 is 38.9 Å². The summed E-state index contributed by atoms with van der Waals surface area (Å²) in [6.07, 6.45) is 0. The molecule has 0 spiro atoms. The summed E-state index contributed by atoms with van der Waals surface area (Å²) in [5.74, 6) is -0.641. The van der Waals surface area contributed by atoms with Gasteiger partial charge in [0.15, 0.2) is 0 Å². The van der Waals surface area contributed by atoms with Crippen LogP contribution in [0.4, 0.5) is 5.69 Å². The number of non-ortho nitro benzene ring substituents is 1. The van der Waals surface area contributed by atoms with Gasteiger partial charge in [0.1, 0.15) is 17.2 Å². The van der Waals surface area contributed by atoms with Crippen molar-refractivity contribution in [2.75, 3.05) is 0 Å². The number of carbonyl (C=O) groups is 1. The molecule has 8 heteroatoms. The maximum atomic E-state index is 10.9. The molecule has 2 rings (SSSR count). The van der Waals surface area contributed by atoms with Crippen molar-refractivity contribution < 1.29 is 19.6 Å². The van der Waals surface area contributed by atoms with E-state index in [-0.39, 0.29) is 17.2 Å². The van der Waals surface area contributed by atoms with Crippen LogP contribution in [0.3, 0.4) is 0 Å². The molecule has 0 atom stereocenters. The molecule has 2 aromatic rings. The zero-order valence-electron chi connectivity index (χ0n) is 10.8. The molecule has 0 aliphatic carbocycles. The van der Waals surface area contributed by atoms with Crippen LogP contribution in [0.25, 0.3) is 0 Å². The normalized spacial score (nSPS) is 10.4. The van der Waals surface area contributed by atoms with Crippen LogP contribution in [0, 0.1) is 17.0 Å². The summed E-state index contributed by atoms with van der Waals surface area (Å²) in [5, 5.41) is 19.7. The second kappa shape index (κ2) is 6.23. The van der Waals surface area contributed by atoms with Gasteiger partial charge in [-0.15, -0.1) is 11.3 Å². The maximum absolute atomic E-state index is 10.9. The SMILES string of the molecule is Cc1sc(C(=O)O)cc1COc1cc([N+](=O)[O-])ccc1Br. The molecule has 21 heavy (non-hydrogen) atoms. The topological polar surface area (TPSA) is 89.7 Å². The Bertz CT molecular complexity index is 713. The van der Waals surface area contributed by atoms with Gasteiger partial charge in [0.05, 0.1) is 15.5 Å². The van der Waals surface area contributed by atoms with Crippen LogP contribution in [0.5, 0.6) is 5.75 Å². The number of carboxylic acids is 1. The van der Waals surface area contributed by atoms with Gasteiger partial charge in [0.2, 0.25) is 0 Å². The highest BCUT2D eigenvalue weighted by Gasteiger charge is 2.14. The lowest BCUT2D eigenvalue weighted by atomic mass is 10.2. The molecule has 1 aromatic carbocycles. The quantitative estimate of drug-likeness (QED) is 0.633. The third kappa shape index (κ3) is 3.59. The number of rotatable bonds is 5. The summed E-state index contributed by atoms with van der Waals surface area (Å²) < 4.78 is 6.15. The smallest absolute Gasteiger partial charge is 0.345 e. The fourth-order valence-corrected chi connectivity index (χ4v) is 2.87. The van der Waals surface area contributed by atoms with Gasteiger partial charge < -0.3 is 9.84 Å². The van der Waals surface area contributed by atoms with E-state index in [1.165, 1.54) is 29.5 Å². The molecule has 6 nitrogen and oxygen atoms in total. The molecule has 0 fully saturated rings. The predicted octanol–water partition coefficient (Wildman–Crippen LogP) is 4.00. The lowest BCUT2D eigenvalue weighted by Crippen LogP contribution is -1.98. The molecule has 0 radical (unpaired) electrons. The number of nitro benzene ring substituents is 1. The molecule has 0 unspecified atom stereocenters. The number of carboxylic acid groups (broad SMARTS) is 1. The lowest BCUT2D eigenvalue weighted by Gasteiger charge is -2.07. The fraction of sp³-hybridized carbons (Fsp3) is 0.154. The number of aryl methyl sites for hydroxylation is 1. The van der Waals surface area contributed by atoms with E-state index in [0.717, 1.165) is 10.4 Å². The molecule has 0 saturated carbocycles. The van der Waals surface area contributed by atoms with Gasteiger partial charge in [0, 0.05) is 16.5 Å². The van der Waals surface area contributed by atoms with Gasteiger partial charge in [0.25, 0.3) is 5.69 Å². The van der Waals surface area contributed by atoms with Gasteiger partial charge >= 0.3 is 5.97 Å². The van der Waals surface area contributed by atoms with E-state index in [0.29, 0.717) is 10.2 Å². The molecule has 0 aliphatic heterocycles. The summed E-state index contributed by atoms with van der Waals surface area (Å²) in [6.45, 7) is 1.95. The molecule has 1 N–H and O–H groups in total. The van der Waals surface area contributed by atoms with Crippen molar-refractivity contribution in [1.82, 2.24) is 0 Å². The van der Waals surface area contributed by atoms with Gasteiger partial charge in [-0.1, -0.05) is 0 Å². The van der Waals surface area contributed by atoms with E-state index < -0.39 is 10.9 Å². The summed E-state index contributed by atoms with van der Waals surface area (Å²) in [7, 11) is 0.